The SMILES string of the molecule is CCCOCCSCC(NC(=O)OC(C)(C)C)C(=O)O. The number of amides is 1. The monoisotopic (exact) mass is 307 g/mol. The van der Waals surface area contributed by atoms with Crippen LogP contribution in [0, 0.1) is 0 Å². The first-order valence-electron chi connectivity index (χ1n) is 6.64. The fourth-order valence-electron chi connectivity index (χ4n) is 1.19. The third kappa shape index (κ3) is 10.9. The number of aliphatic carboxylic acids is 1. The first kappa shape index (κ1) is 19.1. The highest BCUT2D eigenvalue weighted by atomic mass is 32.2. The summed E-state index contributed by atoms with van der Waals surface area (Å²) in [7, 11) is 0. The highest BCUT2D eigenvalue weighted by Gasteiger charge is 2.23. The van der Waals surface area contributed by atoms with Crippen molar-refractivity contribution in [2.75, 3.05) is 24.7 Å². The molecule has 0 aromatic heterocycles. The van der Waals surface area contributed by atoms with E-state index in [4.69, 9.17) is 14.6 Å². The van der Waals surface area contributed by atoms with E-state index in [0.717, 1.165) is 6.42 Å². The van der Waals surface area contributed by atoms with E-state index in [1.165, 1.54) is 11.8 Å². The Labute approximate surface area is 124 Å². The van der Waals surface area contributed by atoms with E-state index in [0.29, 0.717) is 19.0 Å². The molecule has 0 aliphatic heterocycles. The number of thioether (sulfide) groups is 1. The molecule has 0 radical (unpaired) electrons. The van der Waals surface area contributed by atoms with Gasteiger partial charge in [-0.25, -0.2) is 9.59 Å². The summed E-state index contributed by atoms with van der Waals surface area (Å²) in [6.45, 7) is 8.49. The Morgan fingerprint density at radius 2 is 1.95 bits per heavy atom. The van der Waals surface area contributed by atoms with Crippen LogP contribution in [0.5, 0.6) is 0 Å². The number of nitrogens with one attached hydrogen (secondary N) is 1. The van der Waals surface area contributed by atoms with Crippen molar-refractivity contribution < 1.29 is 24.2 Å². The molecule has 1 amide bonds. The quantitative estimate of drug-likeness (QED) is 0.635. The summed E-state index contributed by atoms with van der Waals surface area (Å²) >= 11 is 1.42. The van der Waals surface area contributed by atoms with Gasteiger partial charge >= 0.3 is 12.1 Å². The number of carbonyl (C=O) groups is 2. The average Bonchev–Trinajstić information content (AvgIpc) is 2.29. The van der Waals surface area contributed by atoms with Crippen LogP contribution in [0.3, 0.4) is 0 Å². The second-order valence-corrected chi connectivity index (χ2v) is 6.37. The largest absolute Gasteiger partial charge is 0.480 e. The maximum Gasteiger partial charge on any atom is 0.408 e. The van der Waals surface area contributed by atoms with Crippen LogP contribution in [-0.2, 0) is 14.3 Å². The van der Waals surface area contributed by atoms with Crippen molar-refractivity contribution in [1.29, 1.82) is 0 Å². The molecule has 0 aliphatic rings. The summed E-state index contributed by atoms with van der Waals surface area (Å²) in [6, 6.07) is -0.957. The van der Waals surface area contributed by atoms with Crippen molar-refractivity contribution in [3.8, 4) is 0 Å². The molecular formula is C13H25NO5S. The lowest BCUT2D eigenvalue weighted by Gasteiger charge is -2.21. The number of carboxylic acids is 1. The van der Waals surface area contributed by atoms with Crippen molar-refractivity contribution >= 4 is 23.8 Å². The van der Waals surface area contributed by atoms with Gasteiger partial charge < -0.3 is 19.9 Å². The minimum absolute atomic E-state index is 0.282. The van der Waals surface area contributed by atoms with E-state index < -0.39 is 23.7 Å². The zero-order valence-corrected chi connectivity index (χ0v) is 13.4. The molecule has 7 heteroatoms. The average molecular weight is 307 g/mol. The summed E-state index contributed by atoms with van der Waals surface area (Å²) < 4.78 is 10.3. The normalized spacial score (nSPS) is 12.8. The zero-order valence-electron chi connectivity index (χ0n) is 12.6. The lowest BCUT2D eigenvalue weighted by atomic mass is 10.2. The number of ether oxygens (including phenoxy) is 2. The molecule has 0 saturated heterocycles. The van der Waals surface area contributed by atoms with E-state index in [-0.39, 0.29) is 5.75 Å². The number of carboxylic acid groups (broad SMARTS) is 1. The van der Waals surface area contributed by atoms with Crippen molar-refractivity contribution in [3.05, 3.63) is 0 Å². The highest BCUT2D eigenvalue weighted by molar-refractivity contribution is 7.99. The van der Waals surface area contributed by atoms with Crippen molar-refractivity contribution in [2.45, 2.75) is 45.8 Å². The molecule has 1 atom stereocenters. The third-order valence-corrected chi connectivity index (χ3v) is 3.02. The van der Waals surface area contributed by atoms with Gasteiger partial charge in [0.2, 0.25) is 0 Å². The molecule has 0 aromatic rings. The van der Waals surface area contributed by atoms with Crippen LogP contribution in [0.15, 0.2) is 0 Å². The van der Waals surface area contributed by atoms with Crippen LogP contribution in [0.25, 0.3) is 0 Å². The number of carbonyl (C=O) groups excluding carboxylic acids is 1. The second kappa shape index (κ2) is 9.88. The Balaban J connectivity index is 3.99. The molecule has 0 fully saturated rings. The topological polar surface area (TPSA) is 84.9 Å². The zero-order chi connectivity index (χ0) is 15.6. The summed E-state index contributed by atoms with van der Waals surface area (Å²) in [6.07, 6.45) is 0.246. The van der Waals surface area contributed by atoms with Crippen LogP contribution < -0.4 is 5.32 Å². The van der Waals surface area contributed by atoms with Gasteiger partial charge in [-0.1, -0.05) is 6.92 Å². The van der Waals surface area contributed by atoms with E-state index >= 15 is 0 Å². The van der Waals surface area contributed by atoms with Gasteiger partial charge in [0, 0.05) is 18.1 Å². The highest BCUT2D eigenvalue weighted by Crippen LogP contribution is 2.08. The Kier molecular flexibility index (Phi) is 9.41. The van der Waals surface area contributed by atoms with E-state index in [9.17, 15) is 9.59 Å². The number of hydrogen-bond acceptors (Lipinski definition) is 5. The lowest BCUT2D eigenvalue weighted by molar-refractivity contribution is -0.138. The van der Waals surface area contributed by atoms with Gasteiger partial charge in [-0.2, -0.15) is 11.8 Å². The predicted octanol–water partition coefficient (Wildman–Crippen LogP) is 2.12. The maximum atomic E-state index is 11.5. The maximum absolute atomic E-state index is 11.5. The van der Waals surface area contributed by atoms with Crippen LogP contribution >= 0.6 is 11.8 Å². The molecular weight excluding hydrogens is 282 g/mol. The molecule has 0 rings (SSSR count). The van der Waals surface area contributed by atoms with Gasteiger partial charge in [0.05, 0.1) is 6.61 Å². The molecule has 6 nitrogen and oxygen atoms in total. The lowest BCUT2D eigenvalue weighted by Crippen LogP contribution is -2.45. The molecule has 20 heavy (non-hydrogen) atoms. The Morgan fingerprint density at radius 3 is 2.45 bits per heavy atom. The molecule has 0 heterocycles. The molecule has 0 aromatic carbocycles. The van der Waals surface area contributed by atoms with Crippen molar-refractivity contribution in [3.63, 3.8) is 0 Å². The minimum Gasteiger partial charge on any atom is -0.480 e. The molecule has 118 valence electrons. The second-order valence-electron chi connectivity index (χ2n) is 5.22. The molecule has 0 saturated carbocycles. The van der Waals surface area contributed by atoms with Crippen LogP contribution in [0.1, 0.15) is 34.1 Å². The summed E-state index contributed by atoms with van der Waals surface area (Å²) in [4.78, 5) is 22.6. The van der Waals surface area contributed by atoms with Gasteiger partial charge in [0.25, 0.3) is 0 Å². The Morgan fingerprint density at radius 1 is 1.30 bits per heavy atom. The van der Waals surface area contributed by atoms with Crippen molar-refractivity contribution in [2.24, 2.45) is 0 Å². The number of rotatable bonds is 9. The molecule has 2 N–H and O–H groups in total. The molecule has 1 unspecified atom stereocenters. The van der Waals surface area contributed by atoms with Gasteiger partial charge in [-0.3, -0.25) is 0 Å². The van der Waals surface area contributed by atoms with Gasteiger partial charge in [-0.05, 0) is 27.2 Å². The van der Waals surface area contributed by atoms with Crippen molar-refractivity contribution in [1.82, 2.24) is 5.32 Å². The van der Waals surface area contributed by atoms with E-state index in [2.05, 4.69) is 5.32 Å². The van der Waals surface area contributed by atoms with Gasteiger partial charge in [0.1, 0.15) is 11.6 Å². The molecule has 0 bridgehead atoms. The minimum atomic E-state index is -1.07. The summed E-state index contributed by atoms with van der Waals surface area (Å²) in [5, 5.41) is 11.4. The van der Waals surface area contributed by atoms with Crippen LogP contribution in [0.4, 0.5) is 4.79 Å². The summed E-state index contributed by atoms with van der Waals surface area (Å²) in [5.74, 6) is -0.0954. The summed E-state index contributed by atoms with van der Waals surface area (Å²) in [5.41, 5.74) is -0.645. The smallest absolute Gasteiger partial charge is 0.408 e. The first-order chi connectivity index (χ1) is 9.26. The van der Waals surface area contributed by atoms with E-state index in [1.807, 2.05) is 6.92 Å². The number of hydrogen-bond donors (Lipinski definition) is 2. The van der Waals surface area contributed by atoms with Gasteiger partial charge in [0.15, 0.2) is 0 Å². The number of alkyl carbamates (subject to hydrolysis) is 1. The Bertz CT molecular complexity index is 304. The van der Waals surface area contributed by atoms with Crippen LogP contribution in [0.2, 0.25) is 0 Å². The Hall–Kier alpha value is -0.950. The molecule has 0 aliphatic carbocycles. The standard InChI is InChI=1S/C13H25NO5S/c1-5-6-18-7-8-20-9-10(11(15)16)14-12(17)19-13(2,3)4/h10H,5-9H2,1-4H3,(H,14,17)(H,15,16). The molecule has 0 spiro atoms. The fraction of sp³-hybridized carbons (Fsp3) is 0.846. The fourth-order valence-corrected chi connectivity index (χ4v) is 2.05. The first-order valence-corrected chi connectivity index (χ1v) is 7.79. The van der Waals surface area contributed by atoms with Gasteiger partial charge in [-0.15, -0.1) is 0 Å². The predicted molar refractivity (Wildman–Crippen MR) is 79.2 cm³/mol. The van der Waals surface area contributed by atoms with Crippen LogP contribution in [-0.4, -0.2) is 53.5 Å². The van der Waals surface area contributed by atoms with E-state index in [1.54, 1.807) is 20.8 Å². The third-order valence-electron chi connectivity index (χ3n) is 1.99.